The molecule has 3 atom stereocenters. The van der Waals surface area contributed by atoms with E-state index in [2.05, 4.69) is 0 Å². The molecule has 1 fully saturated rings. The van der Waals surface area contributed by atoms with Gasteiger partial charge < -0.3 is 19.3 Å². The summed E-state index contributed by atoms with van der Waals surface area (Å²) in [7, 11) is 0. The second kappa shape index (κ2) is 7.27. The lowest BCUT2D eigenvalue weighted by atomic mass is 9.81. The number of aliphatic hydroxyl groups excluding tert-OH is 1. The van der Waals surface area contributed by atoms with Gasteiger partial charge in [0.25, 0.3) is 0 Å². The Morgan fingerprint density at radius 1 is 1.46 bits per heavy atom. The first-order valence-corrected chi connectivity index (χ1v) is 7.81. The fourth-order valence-corrected chi connectivity index (χ4v) is 2.89. The summed E-state index contributed by atoms with van der Waals surface area (Å²) in [4.78, 5) is 34.6. The van der Waals surface area contributed by atoms with Gasteiger partial charge in [-0.15, -0.1) is 0 Å². The monoisotopic (exact) mass is 338 g/mol. The molecule has 0 bridgehead atoms. The molecule has 0 aromatic rings. The molecule has 1 aliphatic heterocycles. The molecule has 0 aromatic carbocycles. The quantitative estimate of drug-likeness (QED) is 0.567. The second-order valence-electron chi connectivity index (χ2n) is 6.43. The van der Waals surface area contributed by atoms with Crippen LogP contribution in [0.5, 0.6) is 0 Å². The summed E-state index contributed by atoms with van der Waals surface area (Å²) in [6, 6.07) is 0. The van der Waals surface area contributed by atoms with Gasteiger partial charge in [0, 0.05) is 18.9 Å². The van der Waals surface area contributed by atoms with Crippen LogP contribution in [-0.4, -0.2) is 48.4 Å². The SMILES string of the molecule is CC(=O)OC[C@]1(OC(=O)CC(C)C)CO[C@@H](O)[C@H]2C(C=O)=CC=C21. The van der Waals surface area contributed by atoms with E-state index < -0.39 is 29.7 Å². The number of esters is 2. The van der Waals surface area contributed by atoms with Gasteiger partial charge in [0.05, 0.1) is 12.5 Å². The van der Waals surface area contributed by atoms with Crippen molar-refractivity contribution in [3.63, 3.8) is 0 Å². The summed E-state index contributed by atoms with van der Waals surface area (Å²) in [5, 5.41) is 10.1. The van der Waals surface area contributed by atoms with Gasteiger partial charge in [-0.3, -0.25) is 14.4 Å². The van der Waals surface area contributed by atoms with Crippen LogP contribution >= 0.6 is 0 Å². The minimum absolute atomic E-state index is 0.0930. The molecule has 0 saturated carbocycles. The second-order valence-corrected chi connectivity index (χ2v) is 6.43. The maximum Gasteiger partial charge on any atom is 0.307 e. The summed E-state index contributed by atoms with van der Waals surface area (Å²) in [5.41, 5.74) is -0.519. The third-order valence-corrected chi connectivity index (χ3v) is 3.98. The molecule has 0 unspecified atom stereocenters. The fraction of sp³-hybridized carbons (Fsp3) is 0.588. The highest BCUT2D eigenvalue weighted by Gasteiger charge is 2.52. The predicted octanol–water partition coefficient (Wildman–Crippen LogP) is 0.908. The Balaban J connectivity index is 2.30. The minimum atomic E-state index is -1.34. The Labute approximate surface area is 140 Å². The Bertz CT molecular complexity index is 590. The van der Waals surface area contributed by atoms with Crippen molar-refractivity contribution < 1.29 is 33.7 Å². The molecule has 1 heterocycles. The van der Waals surface area contributed by atoms with Crippen LogP contribution in [-0.2, 0) is 28.6 Å². The third-order valence-electron chi connectivity index (χ3n) is 3.98. The van der Waals surface area contributed by atoms with E-state index >= 15 is 0 Å². The van der Waals surface area contributed by atoms with Gasteiger partial charge in [0.2, 0.25) is 0 Å². The van der Waals surface area contributed by atoms with Crippen LogP contribution in [0, 0.1) is 11.8 Å². The molecular weight excluding hydrogens is 316 g/mol. The van der Waals surface area contributed by atoms with Crippen LogP contribution in [0.4, 0.5) is 0 Å². The smallest absolute Gasteiger partial charge is 0.307 e. The lowest BCUT2D eigenvalue weighted by Crippen LogP contribution is -2.54. The highest BCUT2D eigenvalue weighted by atomic mass is 16.6. The minimum Gasteiger partial charge on any atom is -0.461 e. The summed E-state index contributed by atoms with van der Waals surface area (Å²) in [5.74, 6) is -1.63. The van der Waals surface area contributed by atoms with Crippen LogP contribution in [0.15, 0.2) is 23.3 Å². The van der Waals surface area contributed by atoms with E-state index in [1.807, 2.05) is 13.8 Å². The summed E-state index contributed by atoms with van der Waals surface area (Å²) >= 11 is 0. The first-order chi connectivity index (χ1) is 11.3. The van der Waals surface area contributed by atoms with E-state index in [0.29, 0.717) is 17.4 Å². The Kier molecular flexibility index (Phi) is 5.56. The lowest BCUT2D eigenvalue weighted by Gasteiger charge is -2.42. The van der Waals surface area contributed by atoms with Crippen molar-refractivity contribution in [3.05, 3.63) is 23.3 Å². The van der Waals surface area contributed by atoms with E-state index in [1.165, 1.54) is 6.92 Å². The number of rotatable bonds is 6. The molecule has 2 aliphatic rings. The largest absolute Gasteiger partial charge is 0.461 e. The zero-order valence-electron chi connectivity index (χ0n) is 14.0. The highest BCUT2D eigenvalue weighted by Crippen LogP contribution is 2.43. The van der Waals surface area contributed by atoms with Gasteiger partial charge in [0.1, 0.15) is 12.9 Å². The van der Waals surface area contributed by atoms with Crippen molar-refractivity contribution in [2.45, 2.75) is 39.1 Å². The number of aldehydes is 1. The van der Waals surface area contributed by atoms with Crippen LogP contribution < -0.4 is 0 Å². The molecule has 0 aromatic heterocycles. The van der Waals surface area contributed by atoms with Crippen LogP contribution in [0.3, 0.4) is 0 Å². The van der Waals surface area contributed by atoms with Gasteiger partial charge >= 0.3 is 11.9 Å². The van der Waals surface area contributed by atoms with Gasteiger partial charge in [0.15, 0.2) is 11.9 Å². The molecular formula is C17H22O7. The molecule has 7 heteroatoms. The molecule has 132 valence electrons. The maximum absolute atomic E-state index is 12.2. The lowest BCUT2D eigenvalue weighted by molar-refractivity contribution is -0.214. The molecule has 0 amide bonds. The Morgan fingerprint density at radius 2 is 2.17 bits per heavy atom. The van der Waals surface area contributed by atoms with E-state index in [9.17, 15) is 19.5 Å². The van der Waals surface area contributed by atoms with Crippen molar-refractivity contribution in [3.8, 4) is 0 Å². The van der Waals surface area contributed by atoms with Gasteiger partial charge in [-0.1, -0.05) is 26.0 Å². The highest BCUT2D eigenvalue weighted by molar-refractivity contribution is 5.79. The Morgan fingerprint density at radius 3 is 2.75 bits per heavy atom. The average Bonchev–Trinajstić information content (AvgIpc) is 2.93. The summed E-state index contributed by atoms with van der Waals surface area (Å²) in [6.45, 7) is 4.61. The molecule has 1 N–H and O–H groups in total. The third kappa shape index (κ3) is 3.73. The molecule has 2 rings (SSSR count). The molecule has 1 saturated heterocycles. The van der Waals surface area contributed by atoms with E-state index in [1.54, 1.807) is 12.2 Å². The first-order valence-electron chi connectivity index (χ1n) is 7.81. The normalized spacial score (nSPS) is 28.7. The van der Waals surface area contributed by atoms with Crippen molar-refractivity contribution in [1.29, 1.82) is 0 Å². The van der Waals surface area contributed by atoms with Crippen LogP contribution in [0.1, 0.15) is 27.2 Å². The van der Waals surface area contributed by atoms with Gasteiger partial charge in [-0.25, -0.2) is 0 Å². The summed E-state index contributed by atoms with van der Waals surface area (Å²) in [6.07, 6.45) is 2.76. The van der Waals surface area contributed by atoms with Crippen LogP contribution in [0.25, 0.3) is 0 Å². The van der Waals surface area contributed by atoms with Crippen LogP contribution in [0.2, 0.25) is 0 Å². The van der Waals surface area contributed by atoms with Crippen molar-refractivity contribution in [2.24, 2.45) is 11.8 Å². The number of aliphatic hydroxyl groups is 1. The van der Waals surface area contributed by atoms with E-state index in [-0.39, 0.29) is 25.6 Å². The number of allylic oxidation sites excluding steroid dienone is 2. The van der Waals surface area contributed by atoms with E-state index in [4.69, 9.17) is 14.2 Å². The van der Waals surface area contributed by atoms with Gasteiger partial charge in [-0.05, 0) is 11.5 Å². The molecule has 0 spiro atoms. The number of carbonyl (C=O) groups excluding carboxylic acids is 3. The average molecular weight is 338 g/mol. The molecule has 1 aliphatic carbocycles. The molecule has 7 nitrogen and oxygen atoms in total. The fourth-order valence-electron chi connectivity index (χ4n) is 2.89. The number of fused-ring (bicyclic) bond motifs is 1. The predicted molar refractivity (Wildman–Crippen MR) is 82.6 cm³/mol. The standard InChI is InChI=1S/C17H22O7/c1-10(2)6-14(20)24-17(8-22-11(3)19)9-23-16(21)15-12(7-18)4-5-13(15)17/h4-5,7,10,15-16,21H,6,8-9H2,1-3H3/t15-,16+,17-/m0/s1. The number of hydrogen-bond donors (Lipinski definition) is 1. The molecule has 24 heavy (non-hydrogen) atoms. The topological polar surface area (TPSA) is 99.1 Å². The van der Waals surface area contributed by atoms with Gasteiger partial charge in [-0.2, -0.15) is 0 Å². The maximum atomic E-state index is 12.2. The summed E-state index contributed by atoms with van der Waals surface area (Å²) < 4.78 is 16.0. The Hall–Kier alpha value is -1.99. The number of ether oxygens (including phenoxy) is 3. The zero-order valence-corrected chi connectivity index (χ0v) is 14.0. The molecule has 0 radical (unpaired) electrons. The van der Waals surface area contributed by atoms with E-state index in [0.717, 1.165) is 0 Å². The van der Waals surface area contributed by atoms with Crippen molar-refractivity contribution in [1.82, 2.24) is 0 Å². The number of carbonyl (C=O) groups is 3. The number of hydrogen-bond acceptors (Lipinski definition) is 7. The zero-order chi connectivity index (χ0) is 17.9. The van der Waals surface area contributed by atoms with Crippen molar-refractivity contribution >= 4 is 18.2 Å². The van der Waals surface area contributed by atoms with Crippen molar-refractivity contribution in [2.75, 3.05) is 13.2 Å². The first kappa shape index (κ1) is 18.4.